The summed E-state index contributed by atoms with van der Waals surface area (Å²) in [5.41, 5.74) is 0.923. The molecule has 8 heteroatoms. The van der Waals surface area contributed by atoms with Crippen LogP contribution in [-0.4, -0.2) is 64.7 Å². The standard InChI is InChI=1S/C21H27N5O3/c1-29-13-18(27)22-17-12-26(21(28)15-9-5-6-10-15)11-16(17)20-23-19(24-25-20)14-7-3-2-4-8-14/h2-4,7-8,15-17H,5-6,9-13H2,1H3,(H,22,27)(H,23,24,25). The summed E-state index contributed by atoms with van der Waals surface area (Å²) in [5, 5.41) is 10.4. The van der Waals surface area contributed by atoms with E-state index in [9.17, 15) is 9.59 Å². The Balaban J connectivity index is 1.54. The number of rotatable bonds is 6. The van der Waals surface area contributed by atoms with Gasteiger partial charge in [-0.1, -0.05) is 43.2 Å². The Morgan fingerprint density at radius 3 is 2.69 bits per heavy atom. The zero-order valence-electron chi connectivity index (χ0n) is 16.6. The molecule has 1 aromatic carbocycles. The van der Waals surface area contributed by atoms with Gasteiger partial charge in [0.2, 0.25) is 11.8 Å². The first-order valence-electron chi connectivity index (χ1n) is 10.2. The van der Waals surface area contributed by atoms with Crippen LogP contribution in [-0.2, 0) is 14.3 Å². The number of aromatic amines is 1. The number of ether oxygens (including phenoxy) is 1. The van der Waals surface area contributed by atoms with Crippen molar-refractivity contribution in [1.82, 2.24) is 25.4 Å². The minimum absolute atomic E-state index is 0.00847. The Labute approximate surface area is 170 Å². The van der Waals surface area contributed by atoms with E-state index >= 15 is 0 Å². The Hall–Kier alpha value is -2.74. The van der Waals surface area contributed by atoms with Crippen LogP contribution in [0, 0.1) is 5.92 Å². The minimum atomic E-state index is -0.223. The monoisotopic (exact) mass is 397 g/mol. The van der Waals surface area contributed by atoms with Crippen LogP contribution >= 0.6 is 0 Å². The van der Waals surface area contributed by atoms with E-state index < -0.39 is 0 Å². The Morgan fingerprint density at radius 1 is 1.21 bits per heavy atom. The summed E-state index contributed by atoms with van der Waals surface area (Å²) >= 11 is 0. The van der Waals surface area contributed by atoms with E-state index in [0.717, 1.165) is 31.2 Å². The third-order valence-corrected chi connectivity index (χ3v) is 5.84. The van der Waals surface area contributed by atoms with Crippen LogP contribution in [0.2, 0.25) is 0 Å². The summed E-state index contributed by atoms with van der Waals surface area (Å²) < 4.78 is 4.94. The van der Waals surface area contributed by atoms with E-state index in [1.54, 1.807) is 0 Å². The predicted molar refractivity (Wildman–Crippen MR) is 107 cm³/mol. The van der Waals surface area contributed by atoms with Gasteiger partial charge in [0.15, 0.2) is 5.82 Å². The van der Waals surface area contributed by atoms with Gasteiger partial charge in [-0.2, -0.15) is 5.10 Å². The number of benzene rings is 1. The second-order valence-corrected chi connectivity index (χ2v) is 7.85. The van der Waals surface area contributed by atoms with E-state index in [-0.39, 0.29) is 36.3 Å². The minimum Gasteiger partial charge on any atom is -0.375 e. The van der Waals surface area contributed by atoms with Crippen molar-refractivity contribution in [2.45, 2.75) is 37.6 Å². The Bertz CT molecular complexity index is 847. The van der Waals surface area contributed by atoms with E-state index in [2.05, 4.69) is 20.5 Å². The number of nitrogens with zero attached hydrogens (tertiary/aromatic N) is 3. The molecular formula is C21H27N5O3. The van der Waals surface area contributed by atoms with Crippen molar-refractivity contribution in [1.29, 1.82) is 0 Å². The topological polar surface area (TPSA) is 100 Å². The number of carbonyl (C=O) groups excluding carboxylic acids is 2. The summed E-state index contributed by atoms with van der Waals surface area (Å²) in [4.78, 5) is 31.6. The molecule has 2 heterocycles. The zero-order chi connectivity index (χ0) is 20.2. The molecule has 2 fully saturated rings. The molecule has 1 aliphatic carbocycles. The van der Waals surface area contributed by atoms with Crippen molar-refractivity contribution in [3.05, 3.63) is 36.2 Å². The molecule has 2 unspecified atom stereocenters. The van der Waals surface area contributed by atoms with E-state index in [0.29, 0.717) is 24.7 Å². The molecule has 4 rings (SSSR count). The van der Waals surface area contributed by atoms with Gasteiger partial charge < -0.3 is 15.0 Å². The number of hydrogen-bond acceptors (Lipinski definition) is 5. The van der Waals surface area contributed by atoms with Gasteiger partial charge in [0.05, 0.1) is 12.0 Å². The van der Waals surface area contributed by atoms with E-state index in [1.165, 1.54) is 7.11 Å². The summed E-state index contributed by atoms with van der Waals surface area (Å²) in [7, 11) is 1.49. The summed E-state index contributed by atoms with van der Waals surface area (Å²) in [6, 6.07) is 9.51. The maximum Gasteiger partial charge on any atom is 0.246 e. The zero-order valence-corrected chi connectivity index (χ0v) is 16.6. The fourth-order valence-corrected chi connectivity index (χ4v) is 4.37. The molecule has 2 atom stereocenters. The van der Waals surface area contributed by atoms with Crippen LogP contribution in [0.5, 0.6) is 0 Å². The van der Waals surface area contributed by atoms with Crippen molar-refractivity contribution in [2.24, 2.45) is 5.92 Å². The third kappa shape index (κ3) is 4.32. The van der Waals surface area contributed by atoms with Gasteiger partial charge >= 0.3 is 0 Å². The quantitative estimate of drug-likeness (QED) is 0.773. The summed E-state index contributed by atoms with van der Waals surface area (Å²) in [6.45, 7) is 0.999. The van der Waals surface area contributed by atoms with Crippen LogP contribution in [0.25, 0.3) is 11.4 Å². The number of likely N-dealkylation sites (tertiary alicyclic amines) is 1. The van der Waals surface area contributed by atoms with Crippen molar-refractivity contribution in [2.75, 3.05) is 26.8 Å². The summed E-state index contributed by atoms with van der Waals surface area (Å²) in [5.74, 6) is 1.28. The first kappa shape index (κ1) is 19.6. The van der Waals surface area contributed by atoms with Crippen molar-refractivity contribution >= 4 is 11.8 Å². The fraction of sp³-hybridized carbons (Fsp3) is 0.524. The normalized spacial score (nSPS) is 22.2. The lowest BCUT2D eigenvalue weighted by molar-refractivity contribution is -0.134. The largest absolute Gasteiger partial charge is 0.375 e. The molecule has 1 saturated heterocycles. The summed E-state index contributed by atoms with van der Waals surface area (Å²) in [6.07, 6.45) is 4.15. The molecular weight excluding hydrogens is 370 g/mol. The molecule has 1 aliphatic heterocycles. The molecule has 154 valence electrons. The number of methoxy groups -OCH3 is 1. The highest BCUT2D eigenvalue weighted by Gasteiger charge is 2.41. The number of carbonyl (C=O) groups is 2. The Kier molecular flexibility index (Phi) is 5.89. The number of aromatic nitrogens is 3. The van der Waals surface area contributed by atoms with Crippen LogP contribution in [0.3, 0.4) is 0 Å². The molecule has 8 nitrogen and oxygen atoms in total. The van der Waals surface area contributed by atoms with Crippen molar-refractivity contribution in [3.8, 4) is 11.4 Å². The predicted octanol–water partition coefficient (Wildman–Crippen LogP) is 1.72. The second-order valence-electron chi connectivity index (χ2n) is 7.85. The van der Waals surface area contributed by atoms with Crippen LogP contribution in [0.1, 0.15) is 37.4 Å². The van der Waals surface area contributed by atoms with Gasteiger partial charge in [-0.15, -0.1) is 0 Å². The highest BCUT2D eigenvalue weighted by Crippen LogP contribution is 2.32. The van der Waals surface area contributed by atoms with Gasteiger partial charge in [0.25, 0.3) is 0 Å². The Morgan fingerprint density at radius 2 is 1.97 bits per heavy atom. The van der Waals surface area contributed by atoms with Gasteiger partial charge in [0, 0.05) is 31.7 Å². The van der Waals surface area contributed by atoms with E-state index in [4.69, 9.17) is 4.74 Å². The number of H-pyrrole nitrogens is 1. The average molecular weight is 397 g/mol. The first-order valence-corrected chi connectivity index (χ1v) is 10.2. The molecule has 2 N–H and O–H groups in total. The number of amides is 2. The SMILES string of the molecule is COCC(=O)NC1CN(C(=O)C2CCCC2)CC1c1nc(-c2ccccc2)n[nH]1. The fourth-order valence-electron chi connectivity index (χ4n) is 4.37. The first-order chi connectivity index (χ1) is 14.2. The maximum atomic E-state index is 13.0. The van der Waals surface area contributed by atoms with Crippen molar-refractivity contribution in [3.63, 3.8) is 0 Å². The van der Waals surface area contributed by atoms with Gasteiger partial charge in [-0.3, -0.25) is 14.7 Å². The number of nitrogens with one attached hydrogen (secondary N) is 2. The van der Waals surface area contributed by atoms with Crippen molar-refractivity contribution < 1.29 is 14.3 Å². The van der Waals surface area contributed by atoms with Crippen LogP contribution in [0.4, 0.5) is 0 Å². The lowest BCUT2D eigenvalue weighted by Crippen LogP contribution is -2.42. The van der Waals surface area contributed by atoms with Crippen LogP contribution in [0.15, 0.2) is 30.3 Å². The molecule has 2 aromatic rings. The van der Waals surface area contributed by atoms with Gasteiger partial charge in [-0.25, -0.2) is 4.98 Å². The highest BCUT2D eigenvalue weighted by molar-refractivity contribution is 5.80. The lowest BCUT2D eigenvalue weighted by Gasteiger charge is -2.20. The molecule has 2 amide bonds. The molecule has 0 bridgehead atoms. The lowest BCUT2D eigenvalue weighted by atomic mass is 10.0. The highest BCUT2D eigenvalue weighted by atomic mass is 16.5. The number of hydrogen-bond donors (Lipinski definition) is 2. The van der Waals surface area contributed by atoms with Gasteiger partial charge in [-0.05, 0) is 12.8 Å². The maximum absolute atomic E-state index is 13.0. The van der Waals surface area contributed by atoms with Crippen LogP contribution < -0.4 is 5.32 Å². The van der Waals surface area contributed by atoms with Gasteiger partial charge in [0.1, 0.15) is 12.4 Å². The molecule has 2 aliphatic rings. The molecule has 1 aromatic heterocycles. The smallest absolute Gasteiger partial charge is 0.246 e. The second kappa shape index (κ2) is 8.73. The molecule has 0 radical (unpaired) electrons. The molecule has 0 spiro atoms. The molecule has 29 heavy (non-hydrogen) atoms. The third-order valence-electron chi connectivity index (χ3n) is 5.84. The average Bonchev–Trinajstić information content (AvgIpc) is 3.48. The van der Waals surface area contributed by atoms with E-state index in [1.807, 2.05) is 35.2 Å². The molecule has 1 saturated carbocycles.